The topological polar surface area (TPSA) is 12.0 Å². The Kier molecular flexibility index (Phi) is 22.2. The van der Waals surface area contributed by atoms with Gasteiger partial charge in [0.1, 0.15) is 0 Å². The molecule has 0 radical (unpaired) electrons. The summed E-state index contributed by atoms with van der Waals surface area (Å²) in [6, 6.07) is 6.91. The van der Waals surface area contributed by atoms with Crippen molar-refractivity contribution >= 4 is 0 Å². The van der Waals surface area contributed by atoms with E-state index >= 15 is 0 Å². The maximum Gasteiger partial charge on any atom is 0.0169 e. The van der Waals surface area contributed by atoms with Crippen LogP contribution in [0.5, 0.6) is 0 Å². The first-order valence-electron chi connectivity index (χ1n) is 12.7. The van der Waals surface area contributed by atoms with Crippen LogP contribution in [0.1, 0.15) is 110 Å². The van der Waals surface area contributed by atoms with Crippen LogP contribution >= 0.6 is 0 Å². The van der Waals surface area contributed by atoms with Gasteiger partial charge < -0.3 is 5.32 Å². The van der Waals surface area contributed by atoms with Gasteiger partial charge in [0.15, 0.2) is 0 Å². The van der Waals surface area contributed by atoms with Crippen molar-refractivity contribution in [3.63, 3.8) is 0 Å². The molecule has 0 aliphatic carbocycles. The summed E-state index contributed by atoms with van der Waals surface area (Å²) in [5.41, 5.74) is 5.48. The van der Waals surface area contributed by atoms with E-state index in [9.17, 15) is 0 Å². The lowest BCUT2D eigenvalue weighted by Gasteiger charge is -2.14. The highest BCUT2D eigenvalue weighted by Gasteiger charge is 2.04. The molecule has 1 atom stereocenters. The molecule has 1 aromatic carbocycles. The molecule has 0 aliphatic heterocycles. The third-order valence-electron chi connectivity index (χ3n) is 5.17. The Morgan fingerprint density at radius 1 is 0.903 bits per heavy atom. The third-order valence-corrected chi connectivity index (χ3v) is 5.17. The van der Waals surface area contributed by atoms with Crippen LogP contribution in [0, 0.1) is 25.7 Å². The molecule has 0 heterocycles. The molecule has 31 heavy (non-hydrogen) atoms. The smallest absolute Gasteiger partial charge is 0.0169 e. The fraction of sp³-hybridized carbons (Fsp3) is 0.667. The third kappa shape index (κ3) is 23.0. The number of allylic oxidation sites excluding steroid dienone is 1. The minimum atomic E-state index is 0.850. The van der Waals surface area contributed by atoms with Gasteiger partial charge in [-0.15, -0.1) is 6.58 Å². The van der Waals surface area contributed by atoms with E-state index in [1.807, 2.05) is 13.8 Å². The maximum atomic E-state index is 3.64. The largest absolute Gasteiger partial charge is 0.391 e. The second-order valence-corrected chi connectivity index (χ2v) is 9.54. The highest BCUT2D eigenvalue weighted by molar-refractivity contribution is 5.28. The molecule has 1 aromatic rings. The quantitative estimate of drug-likeness (QED) is 0.308. The second kappa shape index (κ2) is 21.7. The first-order valence-corrected chi connectivity index (χ1v) is 12.7. The van der Waals surface area contributed by atoms with Crippen LogP contribution in [0.4, 0.5) is 0 Å². The van der Waals surface area contributed by atoms with Crippen molar-refractivity contribution in [3.8, 4) is 0 Å². The van der Waals surface area contributed by atoms with Gasteiger partial charge in [-0.3, -0.25) is 0 Å². The van der Waals surface area contributed by atoms with Gasteiger partial charge in [0.05, 0.1) is 0 Å². The first kappa shape index (κ1) is 31.7. The molecule has 1 N–H and O–H groups in total. The predicted octanol–water partition coefficient (Wildman–Crippen LogP) is 9.58. The minimum absolute atomic E-state index is 0.850. The lowest BCUT2D eigenvalue weighted by Crippen LogP contribution is -2.17. The molecule has 180 valence electrons. The lowest BCUT2D eigenvalue weighted by atomic mass is 9.96. The summed E-state index contributed by atoms with van der Waals surface area (Å²) in [7, 11) is 0. The normalized spacial score (nSPS) is 11.0. The highest BCUT2D eigenvalue weighted by Crippen LogP contribution is 2.16. The minimum Gasteiger partial charge on any atom is -0.391 e. The van der Waals surface area contributed by atoms with Crippen molar-refractivity contribution in [1.29, 1.82) is 0 Å². The average Bonchev–Trinajstić information content (AvgIpc) is 2.66. The van der Waals surface area contributed by atoms with E-state index in [0.717, 1.165) is 18.4 Å². The summed E-state index contributed by atoms with van der Waals surface area (Å²) in [6.07, 6.45) is 13.7. The van der Waals surface area contributed by atoms with Crippen LogP contribution < -0.4 is 5.32 Å². The Morgan fingerprint density at radius 2 is 1.39 bits per heavy atom. The van der Waals surface area contributed by atoms with Crippen LogP contribution in [0.2, 0.25) is 0 Å². The average molecular weight is 430 g/mol. The maximum absolute atomic E-state index is 3.64. The van der Waals surface area contributed by atoms with Gasteiger partial charge >= 0.3 is 0 Å². The summed E-state index contributed by atoms with van der Waals surface area (Å²) in [5.74, 6) is 1.75. The van der Waals surface area contributed by atoms with Gasteiger partial charge in [0.25, 0.3) is 0 Å². The molecule has 0 saturated heterocycles. The van der Waals surface area contributed by atoms with Gasteiger partial charge in [0, 0.05) is 6.54 Å². The van der Waals surface area contributed by atoms with Crippen molar-refractivity contribution in [2.45, 2.75) is 113 Å². The van der Waals surface area contributed by atoms with E-state index in [1.165, 1.54) is 80.1 Å². The van der Waals surface area contributed by atoms with Gasteiger partial charge in [-0.25, -0.2) is 0 Å². The van der Waals surface area contributed by atoms with Crippen molar-refractivity contribution in [2.75, 3.05) is 6.54 Å². The molecule has 1 nitrogen and oxygen atoms in total. The Bertz CT molecular complexity index is 527. The Hall–Kier alpha value is -1.50. The number of benzene rings is 1. The SMILES string of the molecule is C=C(C)C.C=CNCC(CCC)CCC.CCCC(C)CCCc1cc(C)cc(C)c1. The summed E-state index contributed by atoms with van der Waals surface area (Å²) in [6.45, 7) is 25.8. The van der Waals surface area contributed by atoms with Gasteiger partial charge in [-0.2, -0.15) is 0 Å². The standard InChI is InChI=1S/C16H26.C10H21N.C4H8/c1-5-7-13(2)8-6-9-16-11-14(3)10-15(4)12-16;1-4-7-10(8-5-2)9-11-6-3;1-4(2)3/h10-13H,5-9H2,1-4H3;6,10-11H,3-5,7-9H2,1-2H3;1H2,2-3H3. The molecule has 1 heteroatoms. The Labute approximate surface area is 196 Å². The molecule has 0 aromatic heterocycles. The van der Waals surface area contributed by atoms with E-state index in [0.29, 0.717) is 0 Å². The number of rotatable bonds is 13. The molecule has 0 aliphatic rings. The van der Waals surface area contributed by atoms with Crippen molar-refractivity contribution < 1.29 is 0 Å². The summed E-state index contributed by atoms with van der Waals surface area (Å²) in [5, 5.41) is 3.18. The molecule has 0 spiro atoms. The van der Waals surface area contributed by atoms with Crippen molar-refractivity contribution in [3.05, 3.63) is 59.8 Å². The number of hydrogen-bond acceptors (Lipinski definition) is 1. The van der Waals surface area contributed by atoms with Crippen molar-refractivity contribution in [1.82, 2.24) is 5.32 Å². The Balaban J connectivity index is 0. The zero-order valence-corrected chi connectivity index (χ0v) is 22.4. The number of nitrogens with one attached hydrogen (secondary N) is 1. The van der Waals surface area contributed by atoms with E-state index in [2.05, 4.69) is 78.2 Å². The monoisotopic (exact) mass is 429 g/mol. The zero-order valence-electron chi connectivity index (χ0n) is 22.4. The molecular weight excluding hydrogens is 374 g/mol. The van der Waals surface area contributed by atoms with Crippen LogP contribution in [0.15, 0.2) is 43.1 Å². The predicted molar refractivity (Wildman–Crippen MR) is 145 cm³/mol. The van der Waals surface area contributed by atoms with E-state index in [-0.39, 0.29) is 0 Å². The molecule has 0 bridgehead atoms. The van der Waals surface area contributed by atoms with Gasteiger partial charge in [-0.1, -0.05) is 101 Å². The molecule has 0 saturated carbocycles. The van der Waals surface area contributed by atoms with Gasteiger partial charge in [0.2, 0.25) is 0 Å². The number of aryl methyl sites for hydroxylation is 3. The van der Waals surface area contributed by atoms with Crippen LogP contribution in [-0.2, 0) is 6.42 Å². The van der Waals surface area contributed by atoms with Gasteiger partial charge in [-0.05, 0) is 77.0 Å². The highest BCUT2D eigenvalue weighted by atomic mass is 14.8. The van der Waals surface area contributed by atoms with E-state index in [4.69, 9.17) is 0 Å². The summed E-state index contributed by atoms with van der Waals surface area (Å²) in [4.78, 5) is 0. The van der Waals surface area contributed by atoms with E-state index < -0.39 is 0 Å². The van der Waals surface area contributed by atoms with E-state index in [1.54, 1.807) is 6.20 Å². The second-order valence-electron chi connectivity index (χ2n) is 9.54. The number of hydrogen-bond donors (Lipinski definition) is 1. The van der Waals surface area contributed by atoms with Crippen molar-refractivity contribution in [2.24, 2.45) is 11.8 Å². The van der Waals surface area contributed by atoms with Crippen LogP contribution in [0.25, 0.3) is 0 Å². The molecular formula is C30H55N. The lowest BCUT2D eigenvalue weighted by molar-refractivity contribution is 0.430. The summed E-state index contributed by atoms with van der Waals surface area (Å²) >= 11 is 0. The van der Waals surface area contributed by atoms with Crippen LogP contribution in [-0.4, -0.2) is 6.54 Å². The fourth-order valence-electron chi connectivity index (χ4n) is 3.92. The first-order chi connectivity index (χ1) is 14.7. The summed E-state index contributed by atoms with van der Waals surface area (Å²) < 4.78 is 0. The molecule has 1 unspecified atom stereocenters. The zero-order chi connectivity index (χ0) is 24.1. The fourth-order valence-corrected chi connectivity index (χ4v) is 3.92. The molecule has 0 fully saturated rings. The van der Waals surface area contributed by atoms with Crippen LogP contribution in [0.3, 0.4) is 0 Å². The molecule has 0 amide bonds. The molecule has 1 rings (SSSR count). The Morgan fingerprint density at radius 3 is 1.81 bits per heavy atom.